The van der Waals surface area contributed by atoms with E-state index in [2.05, 4.69) is 0 Å². The fraction of sp³-hybridized carbons (Fsp3) is 0.429. The molecule has 3 N–H and O–H groups in total. The first-order valence-corrected chi connectivity index (χ1v) is 6.51. The van der Waals surface area contributed by atoms with Crippen LogP contribution in [0.15, 0.2) is 18.2 Å². The Morgan fingerprint density at radius 2 is 2.20 bits per heavy atom. The first-order chi connectivity index (χ1) is 9.47. The van der Waals surface area contributed by atoms with Crippen molar-refractivity contribution in [1.82, 2.24) is 4.90 Å². The van der Waals surface area contributed by atoms with Gasteiger partial charge in [-0.3, -0.25) is 14.5 Å². The van der Waals surface area contributed by atoms with Gasteiger partial charge in [0.05, 0.1) is 6.42 Å². The maximum atomic E-state index is 13.8. The lowest BCUT2D eigenvalue weighted by atomic mass is 10.1. The Morgan fingerprint density at radius 3 is 2.85 bits per heavy atom. The van der Waals surface area contributed by atoms with Gasteiger partial charge in [-0.25, -0.2) is 4.39 Å². The molecule has 0 aliphatic carbocycles. The quantitative estimate of drug-likeness (QED) is 0.853. The van der Waals surface area contributed by atoms with E-state index in [4.69, 9.17) is 10.8 Å². The predicted octanol–water partition coefficient (Wildman–Crippen LogP) is 1.36. The summed E-state index contributed by atoms with van der Waals surface area (Å²) in [5.41, 5.74) is 5.81. The van der Waals surface area contributed by atoms with Crippen LogP contribution in [-0.2, 0) is 11.3 Å². The minimum Gasteiger partial charge on any atom is -0.481 e. The van der Waals surface area contributed by atoms with Crippen molar-refractivity contribution in [2.24, 2.45) is 5.73 Å². The molecule has 1 fully saturated rings. The summed E-state index contributed by atoms with van der Waals surface area (Å²) >= 11 is 0. The molecule has 5 nitrogen and oxygen atoms in total. The monoisotopic (exact) mass is 280 g/mol. The van der Waals surface area contributed by atoms with E-state index in [0.29, 0.717) is 12.1 Å². The number of amides is 1. The van der Waals surface area contributed by atoms with Gasteiger partial charge in [-0.1, -0.05) is 0 Å². The molecule has 1 aliphatic heterocycles. The molecule has 0 saturated carbocycles. The molecule has 1 aromatic carbocycles. The average molecular weight is 280 g/mol. The van der Waals surface area contributed by atoms with Crippen LogP contribution in [0.1, 0.15) is 35.2 Å². The third-order valence-corrected chi connectivity index (χ3v) is 3.61. The Kier molecular flexibility index (Phi) is 4.34. The van der Waals surface area contributed by atoms with Crippen LogP contribution >= 0.6 is 0 Å². The number of hydrogen-bond acceptors (Lipinski definition) is 3. The molecule has 0 spiro atoms. The smallest absolute Gasteiger partial charge is 0.304 e. The number of likely N-dealkylation sites (tertiary alicyclic amines) is 1. The van der Waals surface area contributed by atoms with Gasteiger partial charge in [-0.15, -0.1) is 0 Å². The fourth-order valence-corrected chi connectivity index (χ4v) is 2.60. The van der Waals surface area contributed by atoms with Crippen molar-refractivity contribution in [3.05, 3.63) is 35.1 Å². The zero-order chi connectivity index (χ0) is 14.7. The second kappa shape index (κ2) is 6.00. The van der Waals surface area contributed by atoms with Crippen LogP contribution < -0.4 is 5.73 Å². The zero-order valence-electron chi connectivity index (χ0n) is 11.0. The number of primary amides is 1. The summed E-state index contributed by atoms with van der Waals surface area (Å²) in [6, 6.07) is 3.93. The Balaban J connectivity index is 2.14. The van der Waals surface area contributed by atoms with Crippen LogP contribution in [0.3, 0.4) is 0 Å². The van der Waals surface area contributed by atoms with Gasteiger partial charge in [0.2, 0.25) is 5.91 Å². The van der Waals surface area contributed by atoms with E-state index in [-0.39, 0.29) is 18.0 Å². The summed E-state index contributed by atoms with van der Waals surface area (Å²) in [6.45, 7) is 1.03. The molecule has 1 aromatic rings. The predicted molar refractivity (Wildman–Crippen MR) is 70.6 cm³/mol. The van der Waals surface area contributed by atoms with Crippen LogP contribution in [0, 0.1) is 5.82 Å². The normalized spacial score (nSPS) is 19.1. The van der Waals surface area contributed by atoms with Gasteiger partial charge in [-0.2, -0.15) is 0 Å². The number of carboxylic acids is 1. The Bertz CT molecular complexity index is 533. The van der Waals surface area contributed by atoms with Gasteiger partial charge in [-0.05, 0) is 37.6 Å². The number of hydrogen-bond donors (Lipinski definition) is 2. The molecule has 1 heterocycles. The number of benzene rings is 1. The molecular formula is C14H17FN2O3. The molecule has 1 unspecified atom stereocenters. The average Bonchev–Trinajstić information content (AvgIpc) is 2.78. The van der Waals surface area contributed by atoms with Crippen molar-refractivity contribution in [1.29, 1.82) is 0 Å². The first kappa shape index (κ1) is 14.5. The first-order valence-electron chi connectivity index (χ1n) is 6.51. The molecule has 0 radical (unpaired) electrons. The van der Waals surface area contributed by atoms with E-state index in [1.165, 1.54) is 18.2 Å². The number of aliphatic carboxylic acids is 1. The number of carboxylic acid groups (broad SMARTS) is 1. The van der Waals surface area contributed by atoms with Gasteiger partial charge in [0.15, 0.2) is 0 Å². The van der Waals surface area contributed by atoms with Crippen molar-refractivity contribution in [2.75, 3.05) is 6.54 Å². The highest BCUT2D eigenvalue weighted by atomic mass is 19.1. The summed E-state index contributed by atoms with van der Waals surface area (Å²) in [5.74, 6) is -1.86. The zero-order valence-corrected chi connectivity index (χ0v) is 11.0. The van der Waals surface area contributed by atoms with Crippen LogP contribution in [0.4, 0.5) is 4.39 Å². The minimum absolute atomic E-state index is 0.0527. The van der Waals surface area contributed by atoms with E-state index in [1.807, 2.05) is 4.90 Å². The summed E-state index contributed by atoms with van der Waals surface area (Å²) in [5, 5.41) is 8.87. The lowest BCUT2D eigenvalue weighted by Gasteiger charge is -2.23. The van der Waals surface area contributed by atoms with Gasteiger partial charge in [0.25, 0.3) is 0 Å². The third-order valence-electron chi connectivity index (χ3n) is 3.61. The topological polar surface area (TPSA) is 83.6 Å². The number of halogens is 1. The highest BCUT2D eigenvalue weighted by Crippen LogP contribution is 2.23. The van der Waals surface area contributed by atoms with Crippen LogP contribution in [-0.4, -0.2) is 34.5 Å². The van der Waals surface area contributed by atoms with Crippen molar-refractivity contribution in [3.8, 4) is 0 Å². The lowest BCUT2D eigenvalue weighted by Crippen LogP contribution is -2.31. The molecule has 1 saturated heterocycles. The van der Waals surface area contributed by atoms with Crippen LogP contribution in [0.25, 0.3) is 0 Å². The Morgan fingerprint density at radius 1 is 1.45 bits per heavy atom. The molecule has 6 heteroatoms. The highest BCUT2D eigenvalue weighted by molar-refractivity contribution is 5.92. The second-order valence-corrected chi connectivity index (χ2v) is 5.03. The number of nitrogens with two attached hydrogens (primary N) is 1. The summed E-state index contributed by atoms with van der Waals surface area (Å²) in [7, 11) is 0. The van der Waals surface area contributed by atoms with E-state index >= 15 is 0 Å². The van der Waals surface area contributed by atoms with E-state index in [0.717, 1.165) is 19.4 Å². The fourth-order valence-electron chi connectivity index (χ4n) is 2.60. The number of rotatable bonds is 5. The molecule has 108 valence electrons. The molecule has 1 amide bonds. The van der Waals surface area contributed by atoms with Crippen molar-refractivity contribution >= 4 is 11.9 Å². The van der Waals surface area contributed by atoms with Gasteiger partial charge in [0.1, 0.15) is 5.82 Å². The number of nitrogens with zero attached hydrogens (tertiary/aromatic N) is 1. The summed E-state index contributed by atoms with van der Waals surface area (Å²) in [4.78, 5) is 23.9. The van der Waals surface area contributed by atoms with E-state index < -0.39 is 17.7 Å². The highest BCUT2D eigenvalue weighted by Gasteiger charge is 2.27. The van der Waals surface area contributed by atoms with E-state index in [9.17, 15) is 14.0 Å². The van der Waals surface area contributed by atoms with Crippen molar-refractivity contribution < 1.29 is 19.1 Å². The van der Waals surface area contributed by atoms with Crippen LogP contribution in [0.2, 0.25) is 0 Å². The second-order valence-electron chi connectivity index (χ2n) is 5.03. The summed E-state index contributed by atoms with van der Waals surface area (Å²) in [6.07, 6.45) is 1.75. The SMILES string of the molecule is NC(=O)c1ccc(F)c(CN2CCCC2CC(=O)O)c1. The number of carbonyl (C=O) groups is 2. The molecular weight excluding hydrogens is 263 g/mol. The largest absolute Gasteiger partial charge is 0.481 e. The third kappa shape index (κ3) is 3.33. The molecule has 1 aliphatic rings. The summed E-state index contributed by atoms with van der Waals surface area (Å²) < 4.78 is 13.8. The molecule has 1 atom stereocenters. The van der Waals surface area contributed by atoms with E-state index in [1.54, 1.807) is 0 Å². The lowest BCUT2D eigenvalue weighted by molar-refractivity contribution is -0.138. The van der Waals surface area contributed by atoms with Crippen molar-refractivity contribution in [2.45, 2.75) is 31.8 Å². The molecule has 0 bridgehead atoms. The van der Waals surface area contributed by atoms with Gasteiger partial charge in [0, 0.05) is 23.7 Å². The standard InChI is InChI=1S/C14H17FN2O3/c15-12-4-3-9(14(16)20)6-10(12)8-17-5-1-2-11(17)7-13(18)19/h3-4,6,11H,1-2,5,7-8H2,(H2,16,20)(H,18,19). The van der Waals surface area contributed by atoms with Gasteiger partial charge < -0.3 is 10.8 Å². The molecule has 20 heavy (non-hydrogen) atoms. The van der Waals surface area contributed by atoms with Gasteiger partial charge >= 0.3 is 5.97 Å². The maximum absolute atomic E-state index is 13.8. The maximum Gasteiger partial charge on any atom is 0.304 e. The molecule has 2 rings (SSSR count). The number of carbonyl (C=O) groups excluding carboxylic acids is 1. The Hall–Kier alpha value is -1.95. The molecule has 0 aromatic heterocycles. The van der Waals surface area contributed by atoms with Crippen LogP contribution in [0.5, 0.6) is 0 Å². The van der Waals surface area contributed by atoms with Crippen molar-refractivity contribution in [3.63, 3.8) is 0 Å². The minimum atomic E-state index is -0.853. The Labute approximate surface area is 116 Å².